The number of benzene rings is 1. The highest BCUT2D eigenvalue weighted by molar-refractivity contribution is 5.32. The first-order chi connectivity index (χ1) is 11.1. The van der Waals surface area contributed by atoms with Crippen molar-refractivity contribution in [3.63, 3.8) is 0 Å². The minimum Gasteiger partial charge on any atom is -0.491 e. The molecule has 120 valence electrons. The summed E-state index contributed by atoms with van der Waals surface area (Å²) in [7, 11) is 0. The average molecular weight is 314 g/mol. The second-order valence-corrected chi connectivity index (χ2v) is 5.44. The van der Waals surface area contributed by atoms with Crippen LogP contribution in [0.15, 0.2) is 41.5 Å². The van der Waals surface area contributed by atoms with E-state index in [2.05, 4.69) is 10.1 Å². The first kappa shape index (κ1) is 15.2. The molecule has 0 saturated heterocycles. The van der Waals surface area contributed by atoms with Crippen molar-refractivity contribution in [2.24, 2.45) is 0 Å². The van der Waals surface area contributed by atoms with Crippen molar-refractivity contribution in [2.45, 2.75) is 26.5 Å². The van der Waals surface area contributed by atoms with E-state index in [4.69, 9.17) is 4.74 Å². The molecule has 2 aromatic heterocycles. The smallest absolute Gasteiger partial charge is 0.275 e. The van der Waals surface area contributed by atoms with E-state index in [1.807, 2.05) is 31.2 Å². The van der Waals surface area contributed by atoms with Gasteiger partial charge in [0.05, 0.1) is 6.54 Å². The van der Waals surface area contributed by atoms with Crippen LogP contribution in [0.2, 0.25) is 0 Å². The molecule has 0 amide bonds. The standard InChI is InChI=1S/C16H18N4O3/c1-11-5-3-4-6-14(11)23-9-13(21)8-19-12(2)7-15(22)20-16(19)17-10-18-20/h3-7,10,13,21H,8-9H2,1-2H3. The highest BCUT2D eigenvalue weighted by Gasteiger charge is 2.13. The van der Waals surface area contributed by atoms with Crippen LogP contribution in [0.25, 0.3) is 5.78 Å². The van der Waals surface area contributed by atoms with Gasteiger partial charge in [0.15, 0.2) is 0 Å². The molecular weight excluding hydrogens is 296 g/mol. The summed E-state index contributed by atoms with van der Waals surface area (Å²) in [5.74, 6) is 1.15. The molecular formula is C16H18N4O3. The molecule has 1 atom stereocenters. The van der Waals surface area contributed by atoms with Crippen LogP contribution in [0.5, 0.6) is 5.75 Å². The summed E-state index contributed by atoms with van der Waals surface area (Å²) < 4.78 is 8.62. The molecule has 3 rings (SSSR count). The van der Waals surface area contributed by atoms with Crippen molar-refractivity contribution in [1.29, 1.82) is 0 Å². The molecule has 1 unspecified atom stereocenters. The van der Waals surface area contributed by atoms with Crippen molar-refractivity contribution < 1.29 is 9.84 Å². The molecule has 0 radical (unpaired) electrons. The minimum atomic E-state index is -0.740. The van der Waals surface area contributed by atoms with Gasteiger partial charge in [-0.15, -0.1) is 0 Å². The van der Waals surface area contributed by atoms with Gasteiger partial charge in [-0.05, 0) is 25.5 Å². The van der Waals surface area contributed by atoms with Crippen molar-refractivity contribution >= 4 is 5.78 Å². The van der Waals surface area contributed by atoms with Crippen LogP contribution in [0, 0.1) is 13.8 Å². The Bertz CT molecular complexity index is 884. The number of aliphatic hydroxyl groups excluding tert-OH is 1. The fourth-order valence-electron chi connectivity index (χ4n) is 2.44. The first-order valence-corrected chi connectivity index (χ1v) is 7.33. The second-order valence-electron chi connectivity index (χ2n) is 5.44. The van der Waals surface area contributed by atoms with Crippen LogP contribution >= 0.6 is 0 Å². The Morgan fingerprint density at radius 3 is 2.87 bits per heavy atom. The van der Waals surface area contributed by atoms with E-state index in [0.717, 1.165) is 11.3 Å². The number of nitrogens with zero attached hydrogens (tertiary/aromatic N) is 4. The Hall–Kier alpha value is -2.67. The molecule has 23 heavy (non-hydrogen) atoms. The van der Waals surface area contributed by atoms with Crippen molar-refractivity contribution in [2.75, 3.05) is 6.61 Å². The van der Waals surface area contributed by atoms with Crippen molar-refractivity contribution in [1.82, 2.24) is 19.2 Å². The van der Waals surface area contributed by atoms with Gasteiger partial charge in [-0.1, -0.05) is 18.2 Å². The number of hydrogen-bond donors (Lipinski definition) is 1. The number of aliphatic hydroxyl groups is 1. The largest absolute Gasteiger partial charge is 0.491 e. The van der Waals surface area contributed by atoms with Gasteiger partial charge in [-0.2, -0.15) is 14.6 Å². The summed E-state index contributed by atoms with van der Waals surface area (Å²) in [4.78, 5) is 15.9. The second kappa shape index (κ2) is 6.21. The summed E-state index contributed by atoms with van der Waals surface area (Å²) >= 11 is 0. The lowest BCUT2D eigenvalue weighted by atomic mass is 10.2. The van der Waals surface area contributed by atoms with E-state index in [1.54, 1.807) is 11.5 Å². The minimum absolute atomic E-state index is 0.150. The lowest BCUT2D eigenvalue weighted by molar-refractivity contribution is 0.0921. The Labute approximate surface area is 132 Å². The molecule has 1 N–H and O–H groups in total. The molecule has 7 nitrogen and oxygen atoms in total. The molecule has 0 fully saturated rings. The van der Waals surface area contributed by atoms with Crippen molar-refractivity contribution in [3.05, 3.63) is 58.3 Å². The van der Waals surface area contributed by atoms with Crippen LogP contribution in [-0.4, -0.2) is 37.0 Å². The maximum atomic E-state index is 11.8. The molecule has 0 aliphatic heterocycles. The zero-order valence-corrected chi connectivity index (χ0v) is 13.0. The maximum Gasteiger partial charge on any atom is 0.275 e. The van der Waals surface area contributed by atoms with E-state index in [1.165, 1.54) is 16.9 Å². The summed E-state index contributed by atoms with van der Waals surface area (Å²) in [6.07, 6.45) is 0.583. The highest BCUT2D eigenvalue weighted by Crippen LogP contribution is 2.16. The van der Waals surface area contributed by atoms with E-state index in [-0.39, 0.29) is 18.7 Å². The zero-order valence-electron chi connectivity index (χ0n) is 13.0. The summed E-state index contributed by atoms with van der Waals surface area (Å²) in [6, 6.07) is 9.11. The number of fused-ring (bicyclic) bond motifs is 1. The third kappa shape index (κ3) is 3.09. The molecule has 7 heteroatoms. The van der Waals surface area contributed by atoms with E-state index >= 15 is 0 Å². The maximum absolute atomic E-state index is 11.8. The SMILES string of the molecule is Cc1ccccc1OCC(O)Cn1c(C)cc(=O)n2ncnc12. The Morgan fingerprint density at radius 1 is 1.30 bits per heavy atom. The monoisotopic (exact) mass is 314 g/mol. The average Bonchev–Trinajstić information content (AvgIpc) is 3.00. The fourth-order valence-corrected chi connectivity index (χ4v) is 2.44. The molecule has 2 heterocycles. The summed E-state index contributed by atoms with van der Waals surface area (Å²) in [6.45, 7) is 4.16. The number of hydrogen-bond acceptors (Lipinski definition) is 5. The number of aromatic nitrogens is 4. The third-order valence-electron chi connectivity index (χ3n) is 3.66. The number of ether oxygens (including phenoxy) is 1. The predicted octanol–water partition coefficient (Wildman–Crippen LogP) is 0.948. The van der Waals surface area contributed by atoms with Crippen LogP contribution in [0.4, 0.5) is 0 Å². The third-order valence-corrected chi connectivity index (χ3v) is 3.66. The zero-order chi connectivity index (χ0) is 16.4. The Kier molecular flexibility index (Phi) is 4.12. The molecule has 1 aromatic carbocycles. The van der Waals surface area contributed by atoms with Crippen LogP contribution < -0.4 is 10.3 Å². The number of para-hydroxylation sites is 1. The van der Waals surface area contributed by atoms with E-state index < -0.39 is 6.10 Å². The summed E-state index contributed by atoms with van der Waals surface area (Å²) in [5, 5.41) is 14.2. The quantitative estimate of drug-likeness (QED) is 0.758. The highest BCUT2D eigenvalue weighted by atomic mass is 16.5. The molecule has 0 aliphatic carbocycles. The van der Waals surface area contributed by atoms with Gasteiger partial charge in [0, 0.05) is 11.8 Å². The van der Waals surface area contributed by atoms with Gasteiger partial charge in [0.25, 0.3) is 5.56 Å². The van der Waals surface area contributed by atoms with E-state index in [9.17, 15) is 9.90 Å². The summed E-state index contributed by atoms with van der Waals surface area (Å²) in [5.41, 5.74) is 1.49. The first-order valence-electron chi connectivity index (χ1n) is 7.33. The van der Waals surface area contributed by atoms with Gasteiger partial charge in [0.2, 0.25) is 5.78 Å². The molecule has 3 aromatic rings. The fraction of sp³-hybridized carbons (Fsp3) is 0.312. The van der Waals surface area contributed by atoms with Gasteiger partial charge in [0.1, 0.15) is 24.8 Å². The van der Waals surface area contributed by atoms with Gasteiger partial charge < -0.3 is 14.4 Å². The lowest BCUT2D eigenvalue weighted by Gasteiger charge is -2.17. The molecule has 0 saturated carbocycles. The van der Waals surface area contributed by atoms with Gasteiger partial charge in [-0.25, -0.2) is 0 Å². The predicted molar refractivity (Wildman–Crippen MR) is 84.7 cm³/mol. The van der Waals surface area contributed by atoms with Crippen LogP contribution in [-0.2, 0) is 6.54 Å². The van der Waals surface area contributed by atoms with E-state index in [0.29, 0.717) is 11.5 Å². The Balaban J connectivity index is 1.76. The van der Waals surface area contributed by atoms with Crippen LogP contribution in [0.1, 0.15) is 11.3 Å². The number of rotatable bonds is 5. The van der Waals surface area contributed by atoms with Gasteiger partial charge in [-0.3, -0.25) is 4.79 Å². The van der Waals surface area contributed by atoms with Crippen molar-refractivity contribution in [3.8, 4) is 5.75 Å². The Morgan fingerprint density at radius 2 is 2.09 bits per heavy atom. The van der Waals surface area contributed by atoms with Gasteiger partial charge >= 0.3 is 0 Å². The molecule has 0 bridgehead atoms. The van der Waals surface area contributed by atoms with Crippen LogP contribution in [0.3, 0.4) is 0 Å². The topological polar surface area (TPSA) is 81.7 Å². The number of aryl methyl sites for hydroxylation is 2. The molecule has 0 spiro atoms. The molecule has 0 aliphatic rings. The normalized spacial score (nSPS) is 12.5. The lowest BCUT2D eigenvalue weighted by Crippen LogP contribution is -2.28.